The van der Waals surface area contributed by atoms with Crippen LogP contribution in [-0.4, -0.2) is 24.9 Å². The van der Waals surface area contributed by atoms with E-state index in [9.17, 15) is 4.79 Å². The average Bonchev–Trinajstić information content (AvgIpc) is 2.41. The minimum absolute atomic E-state index is 0.0474. The van der Waals surface area contributed by atoms with Gasteiger partial charge in [-0.15, -0.1) is 11.6 Å². The molecule has 1 N–H and O–H groups in total. The lowest BCUT2D eigenvalue weighted by atomic mass is 9.95. The number of nitrogens with one attached hydrogen (secondary N) is 1. The van der Waals surface area contributed by atoms with Crippen LogP contribution in [0.1, 0.15) is 30.5 Å². The van der Waals surface area contributed by atoms with Gasteiger partial charge in [0.15, 0.2) is 0 Å². The number of benzene rings is 1. The number of alkyl halides is 1. The molecule has 0 saturated heterocycles. The fourth-order valence-electron chi connectivity index (χ4n) is 1.77. The second-order valence-electron chi connectivity index (χ2n) is 5.78. The molecule has 0 fully saturated rings. The predicted molar refractivity (Wildman–Crippen MR) is 83.7 cm³/mol. The Balaban J connectivity index is 2.51. The van der Waals surface area contributed by atoms with Crippen molar-refractivity contribution in [1.82, 2.24) is 5.32 Å². The van der Waals surface area contributed by atoms with Crippen LogP contribution in [0.2, 0.25) is 0 Å². The second kappa shape index (κ2) is 6.98. The van der Waals surface area contributed by atoms with E-state index in [-0.39, 0.29) is 5.91 Å². The van der Waals surface area contributed by atoms with Crippen LogP contribution >= 0.6 is 11.6 Å². The molecule has 0 aliphatic carbocycles. The van der Waals surface area contributed by atoms with Gasteiger partial charge in [-0.05, 0) is 51.3 Å². The Labute approximate surface area is 126 Å². The standard InChI is InChI=1S/C16H24ClNO2/c1-11-6-7-12(2)14(13(11)3)20-9-8-18-15(19)16(4,5)10-17/h6-7H,8-10H2,1-5H3,(H,18,19). The molecule has 0 radical (unpaired) electrons. The first kappa shape index (κ1) is 16.8. The summed E-state index contributed by atoms with van der Waals surface area (Å²) in [7, 11) is 0. The van der Waals surface area contributed by atoms with Gasteiger partial charge in [-0.3, -0.25) is 4.79 Å². The highest BCUT2D eigenvalue weighted by molar-refractivity contribution is 6.19. The molecule has 20 heavy (non-hydrogen) atoms. The molecular weight excluding hydrogens is 274 g/mol. The molecule has 0 aromatic heterocycles. The van der Waals surface area contributed by atoms with Gasteiger partial charge in [0.25, 0.3) is 0 Å². The molecule has 1 aromatic carbocycles. The van der Waals surface area contributed by atoms with Gasteiger partial charge in [0.05, 0.1) is 12.0 Å². The van der Waals surface area contributed by atoms with Gasteiger partial charge in [0.1, 0.15) is 12.4 Å². The van der Waals surface area contributed by atoms with Crippen LogP contribution < -0.4 is 10.1 Å². The molecule has 4 heteroatoms. The fourth-order valence-corrected chi connectivity index (χ4v) is 1.89. The smallest absolute Gasteiger partial charge is 0.226 e. The first-order chi connectivity index (χ1) is 9.29. The molecule has 0 heterocycles. The van der Waals surface area contributed by atoms with Crippen LogP contribution in [0, 0.1) is 26.2 Å². The lowest BCUT2D eigenvalue weighted by Gasteiger charge is -2.20. The summed E-state index contributed by atoms with van der Waals surface area (Å²) in [5.74, 6) is 1.17. The van der Waals surface area contributed by atoms with Crippen molar-refractivity contribution in [3.63, 3.8) is 0 Å². The zero-order chi connectivity index (χ0) is 15.3. The summed E-state index contributed by atoms with van der Waals surface area (Å²) in [6.45, 7) is 10.7. The molecule has 0 unspecified atom stereocenters. The van der Waals surface area contributed by atoms with Crippen molar-refractivity contribution in [2.75, 3.05) is 19.0 Å². The lowest BCUT2D eigenvalue weighted by Crippen LogP contribution is -2.40. The predicted octanol–water partition coefficient (Wildman–Crippen LogP) is 3.37. The molecule has 0 aliphatic rings. The number of carbonyl (C=O) groups excluding carboxylic acids is 1. The highest BCUT2D eigenvalue weighted by Crippen LogP contribution is 2.25. The van der Waals surface area contributed by atoms with Crippen molar-refractivity contribution in [3.05, 3.63) is 28.8 Å². The van der Waals surface area contributed by atoms with Crippen LogP contribution in [0.15, 0.2) is 12.1 Å². The maximum absolute atomic E-state index is 11.8. The maximum atomic E-state index is 11.8. The minimum Gasteiger partial charge on any atom is -0.491 e. The van der Waals surface area contributed by atoms with Gasteiger partial charge in [-0.1, -0.05) is 12.1 Å². The molecule has 1 rings (SSSR count). The summed E-state index contributed by atoms with van der Waals surface area (Å²) in [5, 5.41) is 2.85. The Morgan fingerprint density at radius 2 is 1.85 bits per heavy atom. The SMILES string of the molecule is Cc1ccc(C)c(OCCNC(=O)C(C)(C)CCl)c1C. The number of hydrogen-bond donors (Lipinski definition) is 1. The normalized spacial score (nSPS) is 11.3. The fraction of sp³-hybridized carbons (Fsp3) is 0.562. The third-order valence-electron chi connectivity index (χ3n) is 3.46. The summed E-state index contributed by atoms with van der Waals surface area (Å²) in [6, 6.07) is 4.13. The number of amides is 1. The van der Waals surface area contributed by atoms with E-state index in [2.05, 4.69) is 18.3 Å². The zero-order valence-electron chi connectivity index (χ0n) is 13.0. The molecule has 0 spiro atoms. The van der Waals surface area contributed by atoms with E-state index in [0.29, 0.717) is 19.0 Å². The van der Waals surface area contributed by atoms with Crippen LogP contribution in [0.3, 0.4) is 0 Å². The summed E-state index contributed by atoms with van der Waals surface area (Å²) >= 11 is 5.76. The third kappa shape index (κ3) is 4.14. The maximum Gasteiger partial charge on any atom is 0.226 e. The second-order valence-corrected chi connectivity index (χ2v) is 6.04. The van der Waals surface area contributed by atoms with E-state index in [4.69, 9.17) is 16.3 Å². The number of hydrogen-bond acceptors (Lipinski definition) is 2. The molecule has 1 aromatic rings. The van der Waals surface area contributed by atoms with E-state index >= 15 is 0 Å². The van der Waals surface area contributed by atoms with Crippen molar-refractivity contribution in [2.24, 2.45) is 5.41 Å². The van der Waals surface area contributed by atoms with Crippen LogP contribution in [0.25, 0.3) is 0 Å². The molecule has 0 aliphatic heterocycles. The number of halogens is 1. The molecule has 0 bridgehead atoms. The van der Waals surface area contributed by atoms with Crippen molar-refractivity contribution in [1.29, 1.82) is 0 Å². The van der Waals surface area contributed by atoms with Gasteiger partial charge in [-0.25, -0.2) is 0 Å². The summed E-state index contributed by atoms with van der Waals surface area (Å²) in [6.07, 6.45) is 0. The largest absolute Gasteiger partial charge is 0.491 e. The third-order valence-corrected chi connectivity index (χ3v) is 4.12. The number of ether oxygens (including phenoxy) is 1. The first-order valence-corrected chi connectivity index (χ1v) is 7.37. The van der Waals surface area contributed by atoms with E-state index < -0.39 is 5.41 Å². The average molecular weight is 298 g/mol. The highest BCUT2D eigenvalue weighted by Gasteiger charge is 2.25. The van der Waals surface area contributed by atoms with Crippen LogP contribution in [0.5, 0.6) is 5.75 Å². The number of rotatable bonds is 6. The van der Waals surface area contributed by atoms with Crippen molar-refractivity contribution < 1.29 is 9.53 Å². The van der Waals surface area contributed by atoms with Gasteiger partial charge in [0.2, 0.25) is 5.91 Å². The van der Waals surface area contributed by atoms with Crippen molar-refractivity contribution >= 4 is 17.5 Å². The first-order valence-electron chi connectivity index (χ1n) is 6.83. The van der Waals surface area contributed by atoms with E-state index in [0.717, 1.165) is 16.9 Å². The molecule has 1 amide bonds. The number of carbonyl (C=O) groups is 1. The van der Waals surface area contributed by atoms with Gasteiger partial charge < -0.3 is 10.1 Å². The zero-order valence-corrected chi connectivity index (χ0v) is 13.7. The van der Waals surface area contributed by atoms with Crippen molar-refractivity contribution in [2.45, 2.75) is 34.6 Å². The molecule has 0 atom stereocenters. The van der Waals surface area contributed by atoms with Gasteiger partial charge in [0, 0.05) is 5.88 Å². The van der Waals surface area contributed by atoms with Gasteiger partial charge >= 0.3 is 0 Å². The quantitative estimate of drug-likeness (QED) is 0.646. The van der Waals surface area contributed by atoms with Crippen LogP contribution in [0.4, 0.5) is 0 Å². The van der Waals surface area contributed by atoms with E-state index in [1.165, 1.54) is 5.56 Å². The Hall–Kier alpha value is -1.22. The molecule has 3 nitrogen and oxygen atoms in total. The lowest BCUT2D eigenvalue weighted by molar-refractivity contribution is -0.128. The molecule has 112 valence electrons. The Kier molecular flexibility index (Phi) is 5.88. The Bertz CT molecular complexity index is 484. The van der Waals surface area contributed by atoms with Crippen molar-refractivity contribution in [3.8, 4) is 5.75 Å². The summed E-state index contributed by atoms with van der Waals surface area (Å²) in [4.78, 5) is 11.8. The monoisotopic (exact) mass is 297 g/mol. The molecule has 0 saturated carbocycles. The Morgan fingerprint density at radius 1 is 1.25 bits per heavy atom. The van der Waals surface area contributed by atoms with Crippen LogP contribution in [-0.2, 0) is 4.79 Å². The Morgan fingerprint density at radius 3 is 2.45 bits per heavy atom. The summed E-state index contributed by atoms with van der Waals surface area (Å²) < 4.78 is 5.80. The summed E-state index contributed by atoms with van der Waals surface area (Å²) in [5.41, 5.74) is 2.92. The van der Waals surface area contributed by atoms with Gasteiger partial charge in [-0.2, -0.15) is 0 Å². The topological polar surface area (TPSA) is 38.3 Å². The van der Waals surface area contributed by atoms with E-state index in [1.54, 1.807) is 0 Å². The van der Waals surface area contributed by atoms with E-state index in [1.807, 2.05) is 33.8 Å². The number of aryl methyl sites for hydroxylation is 2. The minimum atomic E-state index is -0.545. The molecular formula is C16H24ClNO2. The highest BCUT2D eigenvalue weighted by atomic mass is 35.5.